The largest absolute Gasteiger partial charge is 0.497 e. The standard InChI is InChI=1S/C59H108O8S4Si2/c1-40(2)73(41(3)4,42(5)6)66-51-29-26-49(37-52(51)61-16)36-43(7)53(65-39-48-24-27-50(60-15)28-25-48)38-58(68-30-22-31-69-58)46(10)34-44(8)54(67-72(20,21)57(12,13)14)55(62-17)59(70-32-23-33-71-59)47(11)35-45(9)56(63-18)64-19/h24-25,27-28,34,40-43,45-47,49,51-56H,22-23,26,29-33,35-39H2,1-21H3/b44-34+/t43-,45+,46-,47-,49+,51-,52-,53+,54-,55-/m1/s1. The van der Waals surface area contributed by atoms with Crippen LogP contribution in [0.25, 0.3) is 0 Å². The topological polar surface area (TPSA) is 73.8 Å². The maximum absolute atomic E-state index is 7.76. The SMILES string of the molecule is COc1ccc(CO[C@@H](CC2([C@H](C)/C=C(\C)[C@@H](O[Si](C)(C)C(C)(C)C)[C@@H](OC)C3([C@H](C)C[C@H](C)C(OC)OC)SCCCS3)SCCCS2)[C@H](C)C[C@@H]2CC[C@@H](O[Si](C(C)C)(C(C)C)C(C)C)[C@H](OC)C2)cc1. The summed E-state index contributed by atoms with van der Waals surface area (Å²) in [5.41, 5.74) is 4.12. The smallest absolute Gasteiger partial charge is 0.200 e. The summed E-state index contributed by atoms with van der Waals surface area (Å²) >= 11 is 8.56. The van der Waals surface area contributed by atoms with Crippen LogP contribution in [-0.2, 0) is 39.1 Å². The molecule has 2 heterocycles. The van der Waals surface area contributed by atoms with E-state index in [-0.39, 0.29) is 61.8 Å². The molecule has 0 spiro atoms. The van der Waals surface area contributed by atoms with Crippen molar-refractivity contribution >= 4 is 63.7 Å². The minimum absolute atomic E-state index is 0.0265. The molecule has 3 aliphatic rings. The number of methoxy groups -OCH3 is 5. The second kappa shape index (κ2) is 29.7. The van der Waals surface area contributed by atoms with Crippen LogP contribution in [0.15, 0.2) is 35.9 Å². The summed E-state index contributed by atoms with van der Waals surface area (Å²) in [5.74, 6) is 7.06. The van der Waals surface area contributed by atoms with Gasteiger partial charge in [0, 0.05) is 34.4 Å². The summed E-state index contributed by atoms with van der Waals surface area (Å²) in [4.78, 5) is 0. The van der Waals surface area contributed by atoms with Crippen LogP contribution in [0, 0.1) is 29.6 Å². The fourth-order valence-electron chi connectivity index (χ4n) is 12.6. The van der Waals surface area contributed by atoms with E-state index in [1.807, 2.05) is 14.2 Å². The first-order valence-corrected chi connectivity index (χ1v) is 37.3. The van der Waals surface area contributed by atoms with E-state index in [2.05, 4.69) is 187 Å². The molecule has 1 aromatic rings. The van der Waals surface area contributed by atoms with Crippen LogP contribution in [0.1, 0.15) is 154 Å². The molecular formula is C59H108O8S4Si2. The van der Waals surface area contributed by atoms with Crippen molar-refractivity contribution in [3.8, 4) is 5.75 Å². The molecule has 424 valence electrons. The lowest BCUT2D eigenvalue weighted by molar-refractivity contribution is -0.137. The number of benzene rings is 1. The molecule has 0 N–H and O–H groups in total. The van der Waals surface area contributed by atoms with Crippen molar-refractivity contribution in [2.45, 2.75) is 235 Å². The molecule has 0 radical (unpaired) electrons. The summed E-state index contributed by atoms with van der Waals surface area (Å²) in [6.07, 6.45) is 11.0. The minimum atomic E-state index is -2.30. The van der Waals surface area contributed by atoms with Crippen molar-refractivity contribution in [3.05, 3.63) is 41.5 Å². The third-order valence-electron chi connectivity index (χ3n) is 17.7. The Morgan fingerprint density at radius 1 is 0.740 bits per heavy atom. The normalized spacial score (nSPS) is 24.4. The Morgan fingerprint density at radius 2 is 1.30 bits per heavy atom. The molecule has 4 rings (SSSR count). The molecule has 14 heteroatoms. The Bertz CT molecular complexity index is 1740. The van der Waals surface area contributed by atoms with E-state index in [0.29, 0.717) is 41.0 Å². The van der Waals surface area contributed by atoms with Gasteiger partial charge in [0.05, 0.1) is 46.3 Å². The second-order valence-corrected chi connectivity index (χ2v) is 41.1. The molecule has 1 saturated carbocycles. The van der Waals surface area contributed by atoms with Crippen molar-refractivity contribution in [3.63, 3.8) is 0 Å². The molecule has 0 bridgehead atoms. The maximum atomic E-state index is 7.76. The molecule has 0 amide bonds. The molecule has 8 nitrogen and oxygen atoms in total. The number of hydrogen-bond acceptors (Lipinski definition) is 12. The Balaban J connectivity index is 1.74. The van der Waals surface area contributed by atoms with Gasteiger partial charge in [-0.25, -0.2) is 0 Å². The Hall–Kier alpha value is 0.314. The van der Waals surface area contributed by atoms with Gasteiger partial charge in [0.2, 0.25) is 8.32 Å². The zero-order valence-electron chi connectivity index (χ0n) is 50.1. The van der Waals surface area contributed by atoms with E-state index in [1.165, 1.54) is 24.0 Å². The Kier molecular flexibility index (Phi) is 26.8. The van der Waals surface area contributed by atoms with Gasteiger partial charge in [0.1, 0.15) is 11.9 Å². The Labute approximate surface area is 467 Å². The minimum Gasteiger partial charge on any atom is -0.497 e. The fourth-order valence-corrected chi connectivity index (χ4v) is 26.8. The first-order chi connectivity index (χ1) is 34.3. The lowest BCUT2D eigenvalue weighted by Crippen LogP contribution is -2.56. The van der Waals surface area contributed by atoms with E-state index >= 15 is 0 Å². The van der Waals surface area contributed by atoms with Crippen LogP contribution >= 0.6 is 47.0 Å². The third kappa shape index (κ3) is 16.7. The van der Waals surface area contributed by atoms with Crippen LogP contribution in [0.3, 0.4) is 0 Å². The number of allylic oxidation sites excluding steroid dienone is 1. The van der Waals surface area contributed by atoms with Crippen molar-refractivity contribution in [1.29, 1.82) is 0 Å². The summed E-state index contributed by atoms with van der Waals surface area (Å²) in [6, 6.07) is 8.44. The molecule has 0 unspecified atom stereocenters. The first-order valence-electron chi connectivity index (χ1n) is 28.3. The van der Waals surface area contributed by atoms with E-state index in [0.717, 1.165) is 67.3 Å². The molecule has 1 aliphatic carbocycles. The predicted molar refractivity (Wildman–Crippen MR) is 325 cm³/mol. The van der Waals surface area contributed by atoms with Gasteiger partial charge in [0.15, 0.2) is 14.6 Å². The number of rotatable bonds is 29. The molecule has 2 aliphatic heterocycles. The van der Waals surface area contributed by atoms with Crippen molar-refractivity contribution in [2.75, 3.05) is 58.6 Å². The van der Waals surface area contributed by atoms with Gasteiger partial charge in [-0.1, -0.05) is 108 Å². The zero-order chi connectivity index (χ0) is 54.5. The van der Waals surface area contributed by atoms with E-state index in [1.54, 1.807) is 21.3 Å². The second-order valence-electron chi connectivity index (χ2n) is 24.8. The van der Waals surface area contributed by atoms with Crippen molar-refractivity contribution < 1.29 is 37.3 Å². The van der Waals surface area contributed by atoms with Crippen molar-refractivity contribution in [1.82, 2.24) is 0 Å². The maximum Gasteiger partial charge on any atom is 0.200 e. The quantitative estimate of drug-likeness (QED) is 0.0436. The van der Waals surface area contributed by atoms with E-state index in [9.17, 15) is 0 Å². The van der Waals surface area contributed by atoms with Crippen LogP contribution in [-0.4, -0.2) is 120 Å². The number of hydrogen-bond donors (Lipinski definition) is 0. The first kappa shape index (κ1) is 65.8. The van der Waals surface area contributed by atoms with Gasteiger partial charge in [-0.3, -0.25) is 0 Å². The average Bonchev–Trinajstić information content (AvgIpc) is 3.34. The summed E-state index contributed by atoms with van der Waals surface area (Å²) in [6.45, 7) is 38.9. The van der Waals surface area contributed by atoms with Crippen LogP contribution in [0.2, 0.25) is 34.8 Å². The third-order valence-corrected chi connectivity index (χ3v) is 35.9. The van der Waals surface area contributed by atoms with E-state index in [4.69, 9.17) is 37.3 Å². The molecule has 3 fully saturated rings. The van der Waals surface area contributed by atoms with Gasteiger partial charge < -0.3 is 37.3 Å². The highest BCUT2D eigenvalue weighted by Gasteiger charge is 2.54. The monoisotopic (exact) mass is 1130 g/mol. The highest BCUT2D eigenvalue weighted by molar-refractivity contribution is 8.19. The van der Waals surface area contributed by atoms with E-state index < -0.39 is 16.6 Å². The summed E-state index contributed by atoms with van der Waals surface area (Å²) < 4.78 is 52.7. The predicted octanol–water partition coefficient (Wildman–Crippen LogP) is 16.8. The number of thioether (sulfide) groups is 4. The van der Waals surface area contributed by atoms with Crippen LogP contribution in [0.4, 0.5) is 0 Å². The van der Waals surface area contributed by atoms with Crippen LogP contribution < -0.4 is 4.74 Å². The van der Waals surface area contributed by atoms with Gasteiger partial charge in [-0.15, -0.1) is 47.0 Å². The molecule has 0 aromatic heterocycles. The van der Waals surface area contributed by atoms with Gasteiger partial charge >= 0.3 is 0 Å². The molecule has 2 saturated heterocycles. The molecular weight excluding hydrogens is 1020 g/mol. The average molecular weight is 1130 g/mol. The van der Waals surface area contributed by atoms with Gasteiger partial charge in [-0.2, -0.15) is 0 Å². The molecule has 1 aromatic carbocycles. The lowest BCUT2D eigenvalue weighted by Gasteiger charge is -2.51. The number of ether oxygens (including phenoxy) is 6. The highest BCUT2D eigenvalue weighted by atomic mass is 32.2. The van der Waals surface area contributed by atoms with Crippen molar-refractivity contribution in [2.24, 2.45) is 29.6 Å². The Morgan fingerprint density at radius 3 is 1.79 bits per heavy atom. The zero-order valence-corrected chi connectivity index (χ0v) is 55.3. The summed E-state index contributed by atoms with van der Waals surface area (Å²) in [5, 5.41) is 0.0265. The molecule has 73 heavy (non-hydrogen) atoms. The van der Waals surface area contributed by atoms with Crippen LogP contribution in [0.5, 0.6) is 5.75 Å². The molecule has 10 atom stereocenters. The fraction of sp³-hybridized carbons (Fsp3) is 0.864. The lowest BCUT2D eigenvalue weighted by atomic mass is 9.78. The summed E-state index contributed by atoms with van der Waals surface area (Å²) in [7, 11) is 4.75. The van der Waals surface area contributed by atoms with Gasteiger partial charge in [0.25, 0.3) is 0 Å². The van der Waals surface area contributed by atoms with Gasteiger partial charge in [-0.05, 0) is 163 Å². The highest BCUT2D eigenvalue weighted by Crippen LogP contribution is 2.57.